The van der Waals surface area contributed by atoms with Crippen molar-refractivity contribution in [2.24, 2.45) is 0 Å². The summed E-state index contributed by atoms with van der Waals surface area (Å²) in [6.07, 6.45) is 0. The molecule has 0 bridgehead atoms. The Kier molecular flexibility index (Phi) is 4.91. The summed E-state index contributed by atoms with van der Waals surface area (Å²) in [5.74, 6) is 0. The molecule has 6 aromatic carbocycles. The standard InChI is InChI=1S/C36H23NSe/c1-3-9-24(10-4-1)25-16-19-35-31(22-25)32-23-27(17-20-36(32)38-35)26-15-18-34-30(21-26)29-13-7-8-14-33(29)37(34)28-11-5-2-6-12-28/h1-23H. The van der Waals surface area contributed by atoms with Gasteiger partial charge in [-0.2, -0.15) is 0 Å². The van der Waals surface area contributed by atoms with Crippen molar-refractivity contribution in [1.29, 1.82) is 0 Å². The third-order valence-corrected chi connectivity index (χ3v) is 10.0. The van der Waals surface area contributed by atoms with E-state index >= 15 is 0 Å². The average Bonchev–Trinajstić information content (AvgIpc) is 3.52. The van der Waals surface area contributed by atoms with Crippen molar-refractivity contribution in [3.05, 3.63) is 140 Å². The van der Waals surface area contributed by atoms with Crippen LogP contribution in [0.15, 0.2) is 140 Å². The van der Waals surface area contributed by atoms with Crippen LogP contribution in [0.5, 0.6) is 0 Å². The number of para-hydroxylation sites is 2. The summed E-state index contributed by atoms with van der Waals surface area (Å²) in [7, 11) is 0. The molecule has 0 atom stereocenters. The minimum atomic E-state index is 0.353. The molecule has 38 heavy (non-hydrogen) atoms. The van der Waals surface area contributed by atoms with Crippen molar-refractivity contribution in [2.45, 2.75) is 0 Å². The summed E-state index contributed by atoms with van der Waals surface area (Å²) >= 11 is 0.353. The van der Waals surface area contributed by atoms with Crippen LogP contribution in [0, 0.1) is 0 Å². The van der Waals surface area contributed by atoms with E-state index in [4.69, 9.17) is 0 Å². The van der Waals surface area contributed by atoms with Crippen LogP contribution in [0.2, 0.25) is 0 Å². The van der Waals surface area contributed by atoms with Gasteiger partial charge in [0.15, 0.2) is 0 Å². The zero-order valence-electron chi connectivity index (χ0n) is 20.6. The van der Waals surface area contributed by atoms with Crippen LogP contribution in [-0.4, -0.2) is 19.1 Å². The van der Waals surface area contributed by atoms with Gasteiger partial charge < -0.3 is 0 Å². The van der Waals surface area contributed by atoms with Gasteiger partial charge in [0.05, 0.1) is 0 Å². The Hall–Kier alpha value is -4.36. The van der Waals surface area contributed by atoms with Crippen LogP contribution >= 0.6 is 0 Å². The summed E-state index contributed by atoms with van der Waals surface area (Å²) in [5.41, 5.74) is 8.76. The summed E-state index contributed by atoms with van der Waals surface area (Å²) in [6, 6.07) is 51.1. The predicted molar refractivity (Wildman–Crippen MR) is 164 cm³/mol. The molecule has 0 amide bonds. The van der Waals surface area contributed by atoms with Crippen LogP contribution in [0.3, 0.4) is 0 Å². The fourth-order valence-corrected chi connectivity index (χ4v) is 8.01. The molecule has 0 saturated carbocycles. The number of aromatic nitrogens is 1. The third kappa shape index (κ3) is 3.39. The molecule has 178 valence electrons. The summed E-state index contributed by atoms with van der Waals surface area (Å²) < 4.78 is 5.33. The van der Waals surface area contributed by atoms with Crippen molar-refractivity contribution >= 4 is 55.6 Å². The zero-order chi connectivity index (χ0) is 25.1. The minimum absolute atomic E-state index is 0.353. The van der Waals surface area contributed by atoms with Gasteiger partial charge in [-0.3, -0.25) is 0 Å². The number of hydrogen-bond acceptors (Lipinski definition) is 0. The molecule has 0 fully saturated rings. The molecule has 8 aromatic rings. The molecule has 0 saturated heterocycles. The van der Waals surface area contributed by atoms with E-state index in [1.807, 2.05) is 0 Å². The fraction of sp³-hybridized carbons (Fsp3) is 0. The van der Waals surface area contributed by atoms with Gasteiger partial charge in [-0.1, -0.05) is 6.07 Å². The van der Waals surface area contributed by atoms with Gasteiger partial charge in [0.25, 0.3) is 0 Å². The molecule has 0 N–H and O–H groups in total. The average molecular weight is 549 g/mol. The van der Waals surface area contributed by atoms with Crippen LogP contribution in [0.1, 0.15) is 0 Å². The molecule has 0 unspecified atom stereocenters. The Bertz CT molecular complexity index is 2110. The summed E-state index contributed by atoms with van der Waals surface area (Å²) in [4.78, 5) is 0. The SMILES string of the molecule is c1ccc(-c2ccc3[se]c4ccc(-c5ccc6c(c5)c5ccccc5n6-c5ccccc5)cc4c3c2)cc1. The quantitative estimate of drug-likeness (QED) is 0.194. The molecule has 2 heteroatoms. The third-order valence-electron chi connectivity index (χ3n) is 7.60. The van der Waals surface area contributed by atoms with Gasteiger partial charge in [0, 0.05) is 0 Å². The molecule has 0 aliphatic carbocycles. The van der Waals surface area contributed by atoms with Crippen molar-refractivity contribution in [3.8, 4) is 27.9 Å². The molecular formula is C36H23NSe. The molecular weight excluding hydrogens is 525 g/mol. The van der Waals surface area contributed by atoms with E-state index in [0.29, 0.717) is 14.5 Å². The van der Waals surface area contributed by atoms with Crippen molar-refractivity contribution in [3.63, 3.8) is 0 Å². The first-order valence-electron chi connectivity index (χ1n) is 12.9. The normalized spacial score (nSPS) is 11.7. The molecule has 1 nitrogen and oxygen atoms in total. The Balaban J connectivity index is 1.32. The molecule has 0 aliphatic rings. The van der Waals surface area contributed by atoms with E-state index in [2.05, 4.69) is 144 Å². The number of benzene rings is 6. The Labute approximate surface area is 227 Å². The Morgan fingerprint density at radius 3 is 1.61 bits per heavy atom. The van der Waals surface area contributed by atoms with Crippen LogP contribution in [0.4, 0.5) is 0 Å². The topological polar surface area (TPSA) is 4.93 Å². The van der Waals surface area contributed by atoms with E-state index in [1.165, 1.54) is 69.0 Å². The zero-order valence-corrected chi connectivity index (χ0v) is 22.3. The number of nitrogens with zero attached hydrogens (tertiary/aromatic N) is 1. The second-order valence-electron chi connectivity index (χ2n) is 9.81. The van der Waals surface area contributed by atoms with E-state index in [-0.39, 0.29) is 0 Å². The van der Waals surface area contributed by atoms with E-state index in [1.54, 1.807) is 0 Å². The van der Waals surface area contributed by atoms with E-state index < -0.39 is 0 Å². The molecule has 8 rings (SSSR count). The summed E-state index contributed by atoms with van der Waals surface area (Å²) in [5, 5.41) is 5.36. The first kappa shape index (κ1) is 21.7. The molecule has 0 aliphatic heterocycles. The second kappa shape index (κ2) is 8.60. The van der Waals surface area contributed by atoms with Crippen LogP contribution < -0.4 is 0 Å². The number of hydrogen-bond donors (Lipinski definition) is 0. The Morgan fingerprint density at radius 1 is 0.368 bits per heavy atom. The molecule has 0 radical (unpaired) electrons. The summed E-state index contributed by atoms with van der Waals surface area (Å²) in [6.45, 7) is 0. The van der Waals surface area contributed by atoms with Crippen LogP contribution in [-0.2, 0) is 0 Å². The fourth-order valence-electron chi connectivity index (χ4n) is 5.77. The van der Waals surface area contributed by atoms with Gasteiger partial charge in [-0.05, 0) is 0 Å². The molecule has 2 aromatic heterocycles. The van der Waals surface area contributed by atoms with Gasteiger partial charge in [0.1, 0.15) is 0 Å². The monoisotopic (exact) mass is 549 g/mol. The van der Waals surface area contributed by atoms with Gasteiger partial charge in [-0.25, -0.2) is 0 Å². The van der Waals surface area contributed by atoms with E-state index in [9.17, 15) is 0 Å². The Morgan fingerprint density at radius 2 is 0.895 bits per heavy atom. The first-order chi connectivity index (χ1) is 18.8. The van der Waals surface area contributed by atoms with Gasteiger partial charge >= 0.3 is 222 Å². The first-order valence-corrected chi connectivity index (χ1v) is 14.7. The van der Waals surface area contributed by atoms with Crippen molar-refractivity contribution < 1.29 is 0 Å². The molecule has 0 spiro atoms. The van der Waals surface area contributed by atoms with E-state index in [0.717, 1.165) is 0 Å². The van der Waals surface area contributed by atoms with Crippen molar-refractivity contribution in [2.75, 3.05) is 0 Å². The maximum absolute atomic E-state index is 2.41. The second-order valence-corrected chi connectivity index (χ2v) is 12.1. The van der Waals surface area contributed by atoms with Crippen LogP contribution in [0.25, 0.3) is 69.0 Å². The van der Waals surface area contributed by atoms with Crippen molar-refractivity contribution in [1.82, 2.24) is 4.57 Å². The molecule has 2 heterocycles. The maximum atomic E-state index is 2.41. The van der Waals surface area contributed by atoms with Gasteiger partial charge in [-0.15, -0.1) is 0 Å². The predicted octanol–water partition coefficient (Wildman–Crippen LogP) is 9.48. The number of fused-ring (bicyclic) bond motifs is 6. The number of rotatable bonds is 3. The van der Waals surface area contributed by atoms with Gasteiger partial charge in [0.2, 0.25) is 0 Å².